The van der Waals surface area contributed by atoms with E-state index in [-0.39, 0.29) is 17.8 Å². The van der Waals surface area contributed by atoms with Crippen molar-refractivity contribution in [2.45, 2.75) is 25.9 Å². The molecule has 29 heavy (non-hydrogen) atoms. The van der Waals surface area contributed by atoms with Gasteiger partial charge in [0.15, 0.2) is 0 Å². The van der Waals surface area contributed by atoms with Gasteiger partial charge in [0.05, 0.1) is 11.3 Å². The number of nitrogens with one attached hydrogen (secondary N) is 1. The van der Waals surface area contributed by atoms with Crippen LogP contribution < -0.4 is 5.32 Å². The van der Waals surface area contributed by atoms with E-state index in [0.717, 1.165) is 11.1 Å². The predicted molar refractivity (Wildman–Crippen MR) is 106 cm³/mol. The number of carbonyl (C=O) groups is 1. The zero-order valence-electron chi connectivity index (χ0n) is 15.7. The molecule has 0 unspecified atom stereocenters. The smallest absolute Gasteiger partial charge is 0.335 e. The van der Waals surface area contributed by atoms with Gasteiger partial charge in [-0.3, -0.25) is 4.68 Å². The minimum atomic E-state index is -2.65. The van der Waals surface area contributed by atoms with Crippen LogP contribution in [0.3, 0.4) is 0 Å². The number of halogens is 3. The van der Waals surface area contributed by atoms with Gasteiger partial charge in [0.25, 0.3) is 6.43 Å². The summed E-state index contributed by atoms with van der Waals surface area (Å²) in [5.41, 5.74) is 2.86. The van der Waals surface area contributed by atoms with Crippen molar-refractivity contribution >= 4 is 17.6 Å². The molecule has 0 radical (unpaired) electrons. The van der Waals surface area contributed by atoms with E-state index in [1.165, 1.54) is 23.9 Å². The number of aryl methyl sites for hydroxylation is 1. The summed E-state index contributed by atoms with van der Waals surface area (Å²) in [5.74, 6) is -0.993. The second-order valence-corrected chi connectivity index (χ2v) is 7.08. The number of hydrogen-bond acceptors (Lipinski definition) is 3. The Labute approximate surface area is 171 Å². The topological polar surface area (TPSA) is 67.2 Å². The Morgan fingerprint density at radius 3 is 2.52 bits per heavy atom. The normalized spacial score (nSPS) is 11.2. The van der Waals surface area contributed by atoms with Crippen LogP contribution in [0.25, 0.3) is 0 Å². The van der Waals surface area contributed by atoms with E-state index in [0.29, 0.717) is 29.2 Å². The molecule has 3 rings (SSSR count). The summed E-state index contributed by atoms with van der Waals surface area (Å²) >= 11 is 6.03. The Bertz CT molecular complexity index is 1000. The molecule has 8 heteroatoms. The summed E-state index contributed by atoms with van der Waals surface area (Å²) < 4.78 is 28.4. The third-order valence-corrected chi connectivity index (χ3v) is 4.81. The molecule has 5 nitrogen and oxygen atoms in total. The van der Waals surface area contributed by atoms with Crippen LogP contribution in [0, 0.1) is 0 Å². The minimum absolute atomic E-state index is 0.115. The van der Waals surface area contributed by atoms with E-state index in [1.54, 1.807) is 24.3 Å². The molecule has 0 amide bonds. The van der Waals surface area contributed by atoms with Crippen LogP contribution in [0.4, 0.5) is 8.78 Å². The first-order valence-corrected chi connectivity index (χ1v) is 9.33. The Kier molecular flexibility index (Phi) is 6.61. The van der Waals surface area contributed by atoms with Gasteiger partial charge in [0.1, 0.15) is 5.69 Å². The van der Waals surface area contributed by atoms with Crippen molar-refractivity contribution in [3.05, 3.63) is 87.2 Å². The van der Waals surface area contributed by atoms with Crippen LogP contribution in [0.5, 0.6) is 0 Å². The van der Waals surface area contributed by atoms with E-state index in [1.807, 2.05) is 12.1 Å². The molecule has 0 bridgehead atoms. The first-order chi connectivity index (χ1) is 13.8. The van der Waals surface area contributed by atoms with Crippen LogP contribution in [0.1, 0.15) is 44.9 Å². The summed E-state index contributed by atoms with van der Waals surface area (Å²) in [6.45, 7) is 0.623. The average molecular weight is 420 g/mol. The summed E-state index contributed by atoms with van der Waals surface area (Å²) in [4.78, 5) is 10.9. The molecule has 0 fully saturated rings. The molecule has 2 aromatic carbocycles. The van der Waals surface area contributed by atoms with Crippen LogP contribution in [-0.4, -0.2) is 20.9 Å². The summed E-state index contributed by atoms with van der Waals surface area (Å²) in [5, 5.41) is 17.0. The molecule has 0 aliphatic heterocycles. The van der Waals surface area contributed by atoms with Crippen molar-refractivity contribution in [2.75, 3.05) is 0 Å². The first-order valence-electron chi connectivity index (χ1n) is 8.95. The summed E-state index contributed by atoms with van der Waals surface area (Å²) in [7, 11) is 1.51. The largest absolute Gasteiger partial charge is 0.478 e. The molecule has 3 aromatic rings. The lowest BCUT2D eigenvalue weighted by Gasteiger charge is -2.09. The highest BCUT2D eigenvalue weighted by Crippen LogP contribution is 2.27. The maximum atomic E-state index is 13.6. The fourth-order valence-corrected chi connectivity index (χ4v) is 3.40. The number of rotatable bonds is 8. The monoisotopic (exact) mass is 419 g/mol. The van der Waals surface area contributed by atoms with Crippen LogP contribution in [0.2, 0.25) is 5.02 Å². The van der Waals surface area contributed by atoms with Crippen molar-refractivity contribution in [1.82, 2.24) is 15.1 Å². The molecule has 1 heterocycles. The number of hydrogen-bond donors (Lipinski definition) is 2. The molecule has 0 aliphatic carbocycles. The van der Waals surface area contributed by atoms with Gasteiger partial charge in [-0.15, -0.1) is 0 Å². The van der Waals surface area contributed by atoms with E-state index >= 15 is 0 Å². The second-order valence-electron chi connectivity index (χ2n) is 6.65. The number of aromatic carboxylic acids is 1. The molecule has 0 aliphatic rings. The third kappa shape index (κ3) is 5.19. The molecular formula is C21H20ClF2N3O2. The summed E-state index contributed by atoms with van der Waals surface area (Å²) in [6, 6.07) is 13.7. The van der Waals surface area contributed by atoms with E-state index in [9.17, 15) is 13.6 Å². The average Bonchev–Trinajstić information content (AvgIpc) is 2.97. The number of alkyl halides is 2. The van der Waals surface area contributed by atoms with Gasteiger partial charge in [0.2, 0.25) is 0 Å². The lowest BCUT2D eigenvalue weighted by atomic mass is 10.0. The Hall–Kier alpha value is -2.77. The molecular weight excluding hydrogens is 400 g/mol. The Balaban J connectivity index is 1.76. The number of carboxylic acids is 1. The lowest BCUT2D eigenvalue weighted by Crippen LogP contribution is -2.15. The zero-order chi connectivity index (χ0) is 21.0. The van der Waals surface area contributed by atoms with Crippen molar-refractivity contribution in [3.8, 4) is 0 Å². The molecule has 1 aromatic heterocycles. The molecule has 0 spiro atoms. The number of benzene rings is 2. The number of aromatic nitrogens is 2. The highest BCUT2D eigenvalue weighted by Gasteiger charge is 2.23. The predicted octanol–water partition coefficient (Wildman–Crippen LogP) is 4.59. The molecule has 0 saturated heterocycles. The van der Waals surface area contributed by atoms with Gasteiger partial charge in [-0.25, -0.2) is 13.6 Å². The van der Waals surface area contributed by atoms with E-state index < -0.39 is 12.4 Å². The lowest BCUT2D eigenvalue weighted by molar-refractivity contribution is 0.0697. The highest BCUT2D eigenvalue weighted by atomic mass is 35.5. The fourth-order valence-electron chi connectivity index (χ4n) is 3.18. The maximum Gasteiger partial charge on any atom is 0.335 e. The van der Waals surface area contributed by atoms with E-state index in [2.05, 4.69) is 10.4 Å². The van der Waals surface area contributed by atoms with Gasteiger partial charge < -0.3 is 10.4 Å². The van der Waals surface area contributed by atoms with Crippen LogP contribution in [-0.2, 0) is 26.6 Å². The van der Waals surface area contributed by atoms with Crippen molar-refractivity contribution in [1.29, 1.82) is 0 Å². The van der Waals surface area contributed by atoms with E-state index in [4.69, 9.17) is 16.7 Å². The standard InChI is InChI=1S/C21H20ClF2N3O2/c1-27-19(20(23)24)17(18(26-27)10-14-3-2-4-16(22)9-14)12-25-11-13-5-7-15(8-6-13)21(28)29/h2-9,20,25H,10-12H2,1H3,(H,28,29). The Morgan fingerprint density at radius 2 is 1.90 bits per heavy atom. The van der Waals surface area contributed by atoms with Gasteiger partial charge in [-0.05, 0) is 35.4 Å². The third-order valence-electron chi connectivity index (χ3n) is 4.58. The SMILES string of the molecule is Cn1nc(Cc2cccc(Cl)c2)c(CNCc2ccc(C(=O)O)cc2)c1C(F)F. The zero-order valence-corrected chi connectivity index (χ0v) is 16.5. The molecule has 2 N–H and O–H groups in total. The highest BCUT2D eigenvalue weighted by molar-refractivity contribution is 6.30. The van der Waals surface area contributed by atoms with Crippen molar-refractivity contribution in [3.63, 3.8) is 0 Å². The van der Waals surface area contributed by atoms with Crippen LogP contribution >= 0.6 is 11.6 Å². The second kappa shape index (κ2) is 9.15. The van der Waals surface area contributed by atoms with Crippen LogP contribution in [0.15, 0.2) is 48.5 Å². The number of carboxylic acid groups (broad SMARTS) is 1. The molecule has 0 atom stereocenters. The first kappa shape index (κ1) is 21.0. The quantitative estimate of drug-likeness (QED) is 0.560. The van der Waals surface area contributed by atoms with Gasteiger partial charge >= 0.3 is 5.97 Å². The Morgan fingerprint density at radius 1 is 1.17 bits per heavy atom. The van der Waals surface area contributed by atoms with Crippen molar-refractivity contribution in [2.24, 2.45) is 7.05 Å². The number of nitrogens with zero attached hydrogens (tertiary/aromatic N) is 2. The molecule has 152 valence electrons. The van der Waals surface area contributed by atoms with Gasteiger partial charge in [-0.1, -0.05) is 35.9 Å². The van der Waals surface area contributed by atoms with Gasteiger partial charge in [-0.2, -0.15) is 5.10 Å². The van der Waals surface area contributed by atoms with Crippen molar-refractivity contribution < 1.29 is 18.7 Å². The maximum absolute atomic E-state index is 13.6. The molecule has 0 saturated carbocycles. The summed E-state index contributed by atoms with van der Waals surface area (Å²) in [6.07, 6.45) is -2.25. The fraction of sp³-hybridized carbons (Fsp3) is 0.238. The van der Waals surface area contributed by atoms with Gasteiger partial charge in [0, 0.05) is 37.1 Å². The minimum Gasteiger partial charge on any atom is -0.478 e.